The second-order valence-electron chi connectivity index (χ2n) is 8.24. The number of rotatable bonds is 7. The summed E-state index contributed by atoms with van der Waals surface area (Å²) in [6.45, 7) is 5.35. The third-order valence-corrected chi connectivity index (χ3v) is 4.57. The minimum Gasteiger partial charge on any atom is -0.461 e. The highest BCUT2D eigenvalue weighted by molar-refractivity contribution is 5.94. The lowest BCUT2D eigenvalue weighted by Gasteiger charge is -2.19. The second kappa shape index (κ2) is 9.51. The molecule has 0 atom stereocenters. The standard InChI is InChI=1S/C23H25N3O6/c1-23(2,3)32-22(28)25-21-18(17-6-4-5-7-19(17)24-21)12-13-20(27)31-14-15-8-10-16(11-9-15)26(29)30/h4-11,24H,12-14H2,1-3H3,(H,25,28). The van der Waals surface area contributed by atoms with E-state index < -0.39 is 22.6 Å². The number of carbonyl (C=O) groups excluding carboxylic acids is 2. The first-order valence-corrected chi connectivity index (χ1v) is 10.1. The molecule has 2 N–H and O–H groups in total. The van der Waals surface area contributed by atoms with Gasteiger partial charge in [0.05, 0.1) is 4.92 Å². The van der Waals surface area contributed by atoms with E-state index in [1.165, 1.54) is 12.1 Å². The zero-order valence-electron chi connectivity index (χ0n) is 18.1. The van der Waals surface area contributed by atoms with Gasteiger partial charge in [-0.05, 0) is 51.0 Å². The minimum atomic E-state index is -0.641. The maximum absolute atomic E-state index is 12.3. The Kier molecular flexibility index (Phi) is 6.77. The Morgan fingerprint density at radius 1 is 1.09 bits per heavy atom. The highest BCUT2D eigenvalue weighted by atomic mass is 16.6. The quantitative estimate of drug-likeness (QED) is 0.300. The molecule has 0 bridgehead atoms. The highest BCUT2D eigenvalue weighted by Gasteiger charge is 2.20. The smallest absolute Gasteiger partial charge is 0.413 e. The van der Waals surface area contributed by atoms with Crippen LogP contribution in [0.4, 0.5) is 16.3 Å². The number of nitrogens with zero attached hydrogens (tertiary/aromatic N) is 1. The van der Waals surface area contributed by atoms with Gasteiger partial charge in [0.15, 0.2) is 0 Å². The summed E-state index contributed by atoms with van der Waals surface area (Å²) in [7, 11) is 0. The van der Waals surface area contributed by atoms with E-state index in [0.29, 0.717) is 17.8 Å². The van der Waals surface area contributed by atoms with Crippen LogP contribution in [-0.2, 0) is 27.3 Å². The number of nitro groups is 1. The van der Waals surface area contributed by atoms with E-state index >= 15 is 0 Å². The Balaban J connectivity index is 1.64. The molecule has 0 fully saturated rings. The van der Waals surface area contributed by atoms with Crippen molar-refractivity contribution in [3.05, 3.63) is 69.8 Å². The maximum atomic E-state index is 12.3. The van der Waals surface area contributed by atoms with Crippen LogP contribution in [0.2, 0.25) is 0 Å². The van der Waals surface area contributed by atoms with Crippen molar-refractivity contribution in [2.24, 2.45) is 0 Å². The van der Waals surface area contributed by atoms with Crippen LogP contribution in [0.1, 0.15) is 38.3 Å². The van der Waals surface area contributed by atoms with Gasteiger partial charge in [-0.1, -0.05) is 18.2 Å². The summed E-state index contributed by atoms with van der Waals surface area (Å²) in [5, 5.41) is 14.3. The molecule has 32 heavy (non-hydrogen) atoms. The number of carbonyl (C=O) groups is 2. The van der Waals surface area contributed by atoms with Crippen molar-refractivity contribution in [2.75, 3.05) is 5.32 Å². The molecule has 0 saturated heterocycles. The van der Waals surface area contributed by atoms with Gasteiger partial charge in [0.1, 0.15) is 18.0 Å². The van der Waals surface area contributed by atoms with Crippen LogP contribution in [0.15, 0.2) is 48.5 Å². The summed E-state index contributed by atoms with van der Waals surface area (Å²) < 4.78 is 10.6. The van der Waals surface area contributed by atoms with Crippen LogP contribution < -0.4 is 5.32 Å². The lowest BCUT2D eigenvalue weighted by atomic mass is 10.1. The number of benzene rings is 2. The molecule has 0 spiro atoms. The van der Waals surface area contributed by atoms with Crippen molar-refractivity contribution in [1.29, 1.82) is 0 Å². The molecule has 0 aliphatic carbocycles. The van der Waals surface area contributed by atoms with Gasteiger partial charge in [0.25, 0.3) is 5.69 Å². The van der Waals surface area contributed by atoms with Crippen molar-refractivity contribution >= 4 is 34.5 Å². The third-order valence-electron chi connectivity index (χ3n) is 4.57. The van der Waals surface area contributed by atoms with Gasteiger partial charge in [0.2, 0.25) is 0 Å². The van der Waals surface area contributed by atoms with Gasteiger partial charge >= 0.3 is 12.1 Å². The zero-order valence-corrected chi connectivity index (χ0v) is 18.1. The number of anilines is 1. The maximum Gasteiger partial charge on any atom is 0.413 e. The van der Waals surface area contributed by atoms with Crippen LogP contribution in [0.3, 0.4) is 0 Å². The number of aryl methyl sites for hydroxylation is 1. The van der Waals surface area contributed by atoms with E-state index in [4.69, 9.17) is 9.47 Å². The van der Waals surface area contributed by atoms with Gasteiger partial charge in [-0.3, -0.25) is 20.2 Å². The number of H-pyrrole nitrogens is 1. The fourth-order valence-electron chi connectivity index (χ4n) is 3.15. The molecule has 0 radical (unpaired) electrons. The lowest BCUT2D eigenvalue weighted by Crippen LogP contribution is -2.27. The number of hydrogen-bond donors (Lipinski definition) is 2. The largest absolute Gasteiger partial charge is 0.461 e. The van der Waals surface area contributed by atoms with Crippen LogP contribution in [-0.4, -0.2) is 27.6 Å². The summed E-state index contributed by atoms with van der Waals surface area (Å²) in [6, 6.07) is 13.4. The first kappa shape index (κ1) is 22.8. The number of amides is 1. The molecule has 2 aromatic carbocycles. The van der Waals surface area contributed by atoms with E-state index in [-0.39, 0.29) is 18.7 Å². The van der Waals surface area contributed by atoms with E-state index in [1.54, 1.807) is 32.9 Å². The number of fused-ring (bicyclic) bond motifs is 1. The van der Waals surface area contributed by atoms with Crippen molar-refractivity contribution in [3.8, 4) is 0 Å². The van der Waals surface area contributed by atoms with Gasteiger partial charge < -0.3 is 14.5 Å². The first-order chi connectivity index (χ1) is 15.1. The van der Waals surface area contributed by atoms with E-state index in [9.17, 15) is 19.7 Å². The van der Waals surface area contributed by atoms with E-state index in [1.807, 2.05) is 24.3 Å². The molecule has 9 nitrogen and oxygen atoms in total. The van der Waals surface area contributed by atoms with Gasteiger partial charge in [-0.2, -0.15) is 0 Å². The molecule has 1 amide bonds. The number of aromatic amines is 1. The highest BCUT2D eigenvalue weighted by Crippen LogP contribution is 2.28. The van der Waals surface area contributed by atoms with E-state index in [2.05, 4.69) is 10.3 Å². The lowest BCUT2D eigenvalue weighted by molar-refractivity contribution is -0.384. The Labute approximate surface area is 184 Å². The number of para-hydroxylation sites is 1. The molecule has 0 saturated carbocycles. The molecule has 3 rings (SSSR count). The summed E-state index contributed by atoms with van der Waals surface area (Å²) >= 11 is 0. The molecule has 0 aliphatic heterocycles. The zero-order chi connectivity index (χ0) is 23.3. The van der Waals surface area contributed by atoms with Gasteiger partial charge in [-0.15, -0.1) is 0 Å². The molecule has 9 heteroatoms. The molecule has 168 valence electrons. The number of non-ortho nitro benzene ring substituents is 1. The molecular weight excluding hydrogens is 414 g/mol. The van der Waals surface area contributed by atoms with Crippen molar-refractivity contribution in [1.82, 2.24) is 4.98 Å². The molecule has 1 aromatic heterocycles. The number of esters is 1. The number of nitro benzene ring substituents is 1. The van der Waals surface area contributed by atoms with Crippen LogP contribution in [0, 0.1) is 10.1 Å². The van der Waals surface area contributed by atoms with Crippen LogP contribution in [0.25, 0.3) is 10.9 Å². The van der Waals surface area contributed by atoms with E-state index in [0.717, 1.165) is 16.5 Å². The normalized spacial score (nSPS) is 11.2. The van der Waals surface area contributed by atoms with Crippen molar-refractivity contribution in [3.63, 3.8) is 0 Å². The Morgan fingerprint density at radius 2 is 1.78 bits per heavy atom. The summed E-state index contributed by atoms with van der Waals surface area (Å²) in [6.07, 6.45) is -0.155. The SMILES string of the molecule is CC(C)(C)OC(=O)Nc1[nH]c2ccccc2c1CCC(=O)OCc1ccc([N+](=O)[O-])cc1. The third kappa shape index (κ3) is 6.07. The summed E-state index contributed by atoms with van der Waals surface area (Å²) in [5.41, 5.74) is 1.59. The molecule has 1 heterocycles. The molecule has 0 unspecified atom stereocenters. The number of aromatic nitrogens is 1. The van der Waals surface area contributed by atoms with Crippen LogP contribution in [0.5, 0.6) is 0 Å². The predicted molar refractivity (Wildman–Crippen MR) is 119 cm³/mol. The van der Waals surface area contributed by atoms with Crippen molar-refractivity contribution in [2.45, 2.75) is 45.8 Å². The second-order valence-corrected chi connectivity index (χ2v) is 8.24. The summed E-state index contributed by atoms with van der Waals surface area (Å²) in [5.74, 6) is 0.0560. The van der Waals surface area contributed by atoms with Gasteiger partial charge in [0, 0.05) is 35.0 Å². The monoisotopic (exact) mass is 439 g/mol. The number of nitrogens with one attached hydrogen (secondary N) is 2. The van der Waals surface area contributed by atoms with Gasteiger partial charge in [-0.25, -0.2) is 4.79 Å². The minimum absolute atomic E-state index is 0.0216. The number of hydrogen-bond acceptors (Lipinski definition) is 6. The molecular formula is C23H25N3O6. The fraction of sp³-hybridized carbons (Fsp3) is 0.304. The predicted octanol–water partition coefficient (Wildman–Crippen LogP) is 5.10. The molecule has 0 aliphatic rings. The van der Waals surface area contributed by atoms with Crippen molar-refractivity contribution < 1.29 is 24.0 Å². The topological polar surface area (TPSA) is 124 Å². The van der Waals surface area contributed by atoms with Crippen LogP contribution >= 0.6 is 0 Å². The average Bonchev–Trinajstić information content (AvgIpc) is 3.06. The first-order valence-electron chi connectivity index (χ1n) is 10.1. The molecule has 3 aromatic rings. The average molecular weight is 439 g/mol. The Hall–Kier alpha value is -3.88. The fourth-order valence-corrected chi connectivity index (χ4v) is 3.15. The Bertz CT molecular complexity index is 1130. The Morgan fingerprint density at radius 3 is 2.44 bits per heavy atom. The summed E-state index contributed by atoms with van der Waals surface area (Å²) in [4.78, 5) is 37.9. The number of ether oxygens (including phenoxy) is 2.